The second kappa shape index (κ2) is 3.84. The molecule has 0 aromatic rings. The van der Waals surface area contributed by atoms with Crippen molar-refractivity contribution < 1.29 is 12.7 Å². The Kier molecular flexibility index (Phi) is 3.02. The van der Waals surface area contributed by atoms with Crippen molar-refractivity contribution in [2.75, 3.05) is 7.05 Å². The Bertz CT molecular complexity index is 303. The first-order valence-corrected chi connectivity index (χ1v) is 5.04. The van der Waals surface area contributed by atoms with Gasteiger partial charge in [0.25, 0.3) is 0 Å². The van der Waals surface area contributed by atoms with E-state index in [-0.39, 0.29) is 4.91 Å². The van der Waals surface area contributed by atoms with Gasteiger partial charge in [0.1, 0.15) is 0 Å². The van der Waals surface area contributed by atoms with Gasteiger partial charge in [-0.1, -0.05) is 12.2 Å². The minimum Gasteiger partial charge on any atom is -0.192 e. The minimum absolute atomic E-state index is 0.225. The fraction of sp³-hybridized carbons (Fsp3) is 0.429. The van der Waals surface area contributed by atoms with Crippen molar-refractivity contribution in [2.45, 2.75) is 12.8 Å². The van der Waals surface area contributed by atoms with Crippen molar-refractivity contribution in [3.63, 3.8) is 0 Å². The summed E-state index contributed by atoms with van der Waals surface area (Å²) in [7, 11) is -2.16. The molecule has 0 fully saturated rings. The van der Waals surface area contributed by atoms with Crippen LogP contribution in [0.4, 0.5) is 0 Å². The van der Waals surface area contributed by atoms with E-state index in [4.69, 9.17) is 0 Å². The molecule has 1 aliphatic rings. The molecule has 4 nitrogen and oxygen atoms in total. The van der Waals surface area contributed by atoms with Crippen LogP contribution in [0.5, 0.6) is 0 Å². The standard InChI is InChI=1S/C7H11NO3S/c1-8-11-12(9,10)7-5-3-2-4-6-7/h3,5-6,8H,2,4H2,1H3. The smallest absolute Gasteiger partial charge is 0.192 e. The Labute approximate surface area is 72.0 Å². The van der Waals surface area contributed by atoms with E-state index in [0.29, 0.717) is 0 Å². The van der Waals surface area contributed by atoms with Crippen LogP contribution in [0.1, 0.15) is 12.8 Å². The van der Waals surface area contributed by atoms with Crippen LogP contribution in [0.25, 0.3) is 0 Å². The Balaban J connectivity index is 2.81. The van der Waals surface area contributed by atoms with Gasteiger partial charge >= 0.3 is 10.1 Å². The zero-order valence-electron chi connectivity index (χ0n) is 6.78. The third-order valence-electron chi connectivity index (χ3n) is 1.44. The fourth-order valence-electron chi connectivity index (χ4n) is 0.933. The highest BCUT2D eigenvalue weighted by molar-refractivity contribution is 7.90. The molecule has 5 heteroatoms. The highest BCUT2D eigenvalue weighted by Crippen LogP contribution is 2.16. The molecule has 12 heavy (non-hydrogen) atoms. The van der Waals surface area contributed by atoms with E-state index >= 15 is 0 Å². The van der Waals surface area contributed by atoms with E-state index in [1.807, 2.05) is 6.08 Å². The number of allylic oxidation sites excluding steroid dienone is 3. The van der Waals surface area contributed by atoms with Crippen molar-refractivity contribution in [1.82, 2.24) is 5.48 Å². The molecule has 0 bridgehead atoms. The Morgan fingerprint density at radius 1 is 1.50 bits per heavy atom. The second-order valence-electron chi connectivity index (χ2n) is 2.33. The molecule has 68 valence electrons. The van der Waals surface area contributed by atoms with Crippen LogP contribution in [0.3, 0.4) is 0 Å². The molecule has 0 atom stereocenters. The van der Waals surface area contributed by atoms with Crippen LogP contribution in [0.15, 0.2) is 23.1 Å². The van der Waals surface area contributed by atoms with Gasteiger partial charge in [0.15, 0.2) is 0 Å². The normalized spacial score (nSPS) is 17.6. The first kappa shape index (κ1) is 9.44. The molecule has 0 saturated heterocycles. The van der Waals surface area contributed by atoms with Crippen molar-refractivity contribution in [3.05, 3.63) is 23.1 Å². The topological polar surface area (TPSA) is 55.4 Å². The maximum Gasteiger partial charge on any atom is 0.312 e. The monoisotopic (exact) mass is 189 g/mol. The summed E-state index contributed by atoms with van der Waals surface area (Å²) >= 11 is 0. The van der Waals surface area contributed by atoms with Gasteiger partial charge in [0, 0.05) is 7.05 Å². The number of hydrogen-bond donors (Lipinski definition) is 1. The zero-order chi connectivity index (χ0) is 9.03. The van der Waals surface area contributed by atoms with Crippen molar-refractivity contribution >= 4 is 10.1 Å². The van der Waals surface area contributed by atoms with Crippen molar-refractivity contribution in [2.24, 2.45) is 0 Å². The summed E-state index contributed by atoms with van der Waals surface area (Å²) in [5, 5.41) is 0. The first-order valence-electron chi connectivity index (χ1n) is 3.64. The third kappa shape index (κ3) is 2.17. The predicted molar refractivity (Wildman–Crippen MR) is 45.5 cm³/mol. The molecule has 0 unspecified atom stereocenters. The highest BCUT2D eigenvalue weighted by atomic mass is 32.2. The average molecular weight is 189 g/mol. The molecule has 1 N–H and O–H groups in total. The van der Waals surface area contributed by atoms with Gasteiger partial charge in [-0.3, -0.25) is 0 Å². The van der Waals surface area contributed by atoms with Crippen LogP contribution in [-0.4, -0.2) is 15.5 Å². The van der Waals surface area contributed by atoms with E-state index in [1.54, 1.807) is 12.2 Å². The van der Waals surface area contributed by atoms with Crippen LogP contribution in [-0.2, 0) is 14.4 Å². The molecule has 1 rings (SSSR count). The molecular formula is C7H11NO3S. The molecule has 0 aliphatic heterocycles. The number of rotatable bonds is 3. The van der Waals surface area contributed by atoms with Gasteiger partial charge in [-0.25, -0.2) is 0 Å². The first-order chi connectivity index (χ1) is 5.67. The van der Waals surface area contributed by atoms with Crippen LogP contribution < -0.4 is 5.48 Å². The highest BCUT2D eigenvalue weighted by Gasteiger charge is 2.16. The van der Waals surface area contributed by atoms with E-state index in [9.17, 15) is 8.42 Å². The molecule has 0 heterocycles. The van der Waals surface area contributed by atoms with Crippen LogP contribution >= 0.6 is 0 Å². The Morgan fingerprint density at radius 2 is 2.25 bits per heavy atom. The van der Waals surface area contributed by atoms with Crippen molar-refractivity contribution in [3.8, 4) is 0 Å². The maximum absolute atomic E-state index is 11.2. The largest absolute Gasteiger partial charge is 0.312 e. The van der Waals surface area contributed by atoms with E-state index in [0.717, 1.165) is 12.8 Å². The molecule has 0 radical (unpaired) electrons. The summed E-state index contributed by atoms with van der Waals surface area (Å²) in [6.07, 6.45) is 6.64. The zero-order valence-corrected chi connectivity index (χ0v) is 7.60. The molecule has 0 spiro atoms. The minimum atomic E-state index is -3.57. The number of hydroxylamine groups is 1. The summed E-state index contributed by atoms with van der Waals surface area (Å²) in [6, 6.07) is 0. The summed E-state index contributed by atoms with van der Waals surface area (Å²) < 4.78 is 26.7. The SMILES string of the molecule is CNOS(=O)(=O)C1=CCCC=C1. The van der Waals surface area contributed by atoms with Crippen LogP contribution in [0, 0.1) is 0 Å². The lowest BCUT2D eigenvalue weighted by Crippen LogP contribution is -2.17. The molecular weight excluding hydrogens is 178 g/mol. The lowest BCUT2D eigenvalue weighted by Gasteiger charge is -2.06. The van der Waals surface area contributed by atoms with Gasteiger partial charge in [0.2, 0.25) is 0 Å². The Hall–Kier alpha value is -0.650. The number of hydrogen-bond acceptors (Lipinski definition) is 4. The Morgan fingerprint density at radius 3 is 2.75 bits per heavy atom. The van der Waals surface area contributed by atoms with Gasteiger partial charge in [-0.2, -0.15) is 18.2 Å². The molecule has 0 saturated carbocycles. The lowest BCUT2D eigenvalue weighted by molar-refractivity contribution is 0.235. The second-order valence-corrected chi connectivity index (χ2v) is 3.87. The van der Waals surface area contributed by atoms with E-state index in [2.05, 4.69) is 9.76 Å². The summed E-state index contributed by atoms with van der Waals surface area (Å²) in [4.78, 5) is 0.225. The van der Waals surface area contributed by atoms with Crippen LogP contribution in [0.2, 0.25) is 0 Å². The third-order valence-corrected chi connectivity index (χ3v) is 2.71. The summed E-state index contributed by atoms with van der Waals surface area (Å²) in [5.41, 5.74) is 2.14. The molecule has 0 aromatic heterocycles. The van der Waals surface area contributed by atoms with E-state index in [1.165, 1.54) is 7.05 Å². The molecule has 0 aromatic carbocycles. The predicted octanol–water partition coefficient (Wildman–Crippen LogP) is 0.701. The average Bonchev–Trinajstić information content (AvgIpc) is 2.06. The molecule has 1 aliphatic carbocycles. The van der Waals surface area contributed by atoms with Gasteiger partial charge in [0.05, 0.1) is 4.91 Å². The summed E-state index contributed by atoms with van der Waals surface area (Å²) in [5.74, 6) is 0. The van der Waals surface area contributed by atoms with Crippen molar-refractivity contribution in [1.29, 1.82) is 0 Å². The maximum atomic E-state index is 11.2. The van der Waals surface area contributed by atoms with Gasteiger partial charge in [-0.05, 0) is 18.9 Å². The van der Waals surface area contributed by atoms with Gasteiger partial charge < -0.3 is 0 Å². The lowest BCUT2D eigenvalue weighted by atomic mass is 10.2. The summed E-state index contributed by atoms with van der Waals surface area (Å²) in [6.45, 7) is 0. The molecule has 0 amide bonds. The van der Waals surface area contributed by atoms with E-state index < -0.39 is 10.1 Å². The fourth-order valence-corrected chi connectivity index (χ4v) is 1.83. The number of nitrogens with one attached hydrogen (secondary N) is 1. The quantitative estimate of drug-likeness (QED) is 0.664. The van der Waals surface area contributed by atoms with Gasteiger partial charge in [-0.15, -0.1) is 0 Å².